The highest BCUT2D eigenvalue weighted by atomic mass is 28.3. The summed E-state index contributed by atoms with van der Waals surface area (Å²) in [6.07, 6.45) is -4.52. The van der Waals surface area contributed by atoms with Crippen LogP contribution in [0.25, 0.3) is 0 Å². The van der Waals surface area contributed by atoms with Crippen LogP contribution in [-0.2, 0) is 4.74 Å². The molecule has 9 heteroatoms. The molecule has 0 aliphatic heterocycles. The Bertz CT molecular complexity index is 450. The highest BCUT2D eigenvalue weighted by Gasteiger charge is 2.30. The highest BCUT2D eigenvalue weighted by Crippen LogP contribution is 2.24. The lowest BCUT2D eigenvalue weighted by atomic mass is 10.0. The molecule has 0 aromatic heterocycles. The molecule has 0 saturated carbocycles. The molecule has 0 aliphatic carbocycles. The fourth-order valence-corrected chi connectivity index (χ4v) is 10.4. The van der Waals surface area contributed by atoms with Crippen molar-refractivity contribution in [2.24, 2.45) is 0 Å². The molecule has 7 nitrogen and oxygen atoms in total. The van der Waals surface area contributed by atoms with Crippen molar-refractivity contribution in [1.82, 2.24) is 4.90 Å². The Hall–Kier alpha value is 0.154. The molecule has 182 valence electrons. The maximum Gasteiger partial charge on any atom is 0.109 e. The third-order valence-corrected chi connectivity index (χ3v) is 11.1. The van der Waals surface area contributed by atoms with E-state index in [0.29, 0.717) is 6.61 Å². The van der Waals surface area contributed by atoms with E-state index in [2.05, 4.69) is 32.7 Å². The van der Waals surface area contributed by atoms with Gasteiger partial charge in [0.25, 0.3) is 0 Å². The molecule has 0 saturated heterocycles. The van der Waals surface area contributed by atoms with Gasteiger partial charge in [-0.3, -0.25) is 0 Å². The van der Waals surface area contributed by atoms with Crippen LogP contribution in [0.3, 0.4) is 0 Å². The van der Waals surface area contributed by atoms with Crippen LogP contribution in [0, 0.1) is 0 Å². The van der Waals surface area contributed by atoms with Crippen molar-refractivity contribution in [3.63, 3.8) is 0 Å². The first-order chi connectivity index (χ1) is 13.7. The average Bonchev–Trinajstić information content (AvgIpc) is 2.63. The molecule has 0 amide bonds. The summed E-state index contributed by atoms with van der Waals surface area (Å²) < 4.78 is 5.64. The van der Waals surface area contributed by atoms with E-state index in [1.807, 2.05) is 0 Å². The smallest absolute Gasteiger partial charge is 0.109 e. The topological polar surface area (TPSA) is 114 Å². The minimum Gasteiger partial charge on any atom is -0.390 e. The Balaban J connectivity index is 4.06. The summed E-state index contributed by atoms with van der Waals surface area (Å²) in [6.45, 7) is 15.1. The van der Waals surface area contributed by atoms with Gasteiger partial charge in [0.15, 0.2) is 0 Å². The van der Waals surface area contributed by atoms with Crippen LogP contribution in [0.15, 0.2) is 0 Å². The minimum absolute atomic E-state index is 0.0720. The van der Waals surface area contributed by atoms with Crippen LogP contribution in [0.5, 0.6) is 0 Å². The number of ether oxygens (including phenoxy) is 1. The SMILES string of the molecule is CCC(O)C(O)C(O)C(O)CN(C)CC(O)COCCC[Si](C)(C)CC[Si](C)(C)C. The molecule has 0 radical (unpaired) electrons. The van der Waals surface area contributed by atoms with Gasteiger partial charge in [0, 0.05) is 35.8 Å². The molecule has 0 aliphatic rings. The van der Waals surface area contributed by atoms with Gasteiger partial charge in [-0.2, -0.15) is 0 Å². The van der Waals surface area contributed by atoms with Crippen molar-refractivity contribution in [3.05, 3.63) is 0 Å². The zero-order chi connectivity index (χ0) is 23.5. The largest absolute Gasteiger partial charge is 0.390 e. The summed E-state index contributed by atoms with van der Waals surface area (Å²) in [7, 11) is -0.434. The maximum atomic E-state index is 10.2. The summed E-state index contributed by atoms with van der Waals surface area (Å²) >= 11 is 0. The zero-order valence-electron chi connectivity index (χ0n) is 20.3. The predicted octanol–water partition coefficient (Wildman–Crippen LogP) is 1.59. The predicted molar refractivity (Wildman–Crippen MR) is 129 cm³/mol. The van der Waals surface area contributed by atoms with Gasteiger partial charge >= 0.3 is 0 Å². The summed E-state index contributed by atoms with van der Waals surface area (Å²) in [4.78, 5) is 1.68. The van der Waals surface area contributed by atoms with E-state index >= 15 is 0 Å². The van der Waals surface area contributed by atoms with Crippen molar-refractivity contribution < 1.29 is 30.3 Å². The number of aliphatic hydroxyl groups excluding tert-OH is 5. The normalized spacial score (nSPS) is 18.3. The fraction of sp³-hybridized carbons (Fsp3) is 1.00. The lowest BCUT2D eigenvalue weighted by Crippen LogP contribution is -2.49. The molecular formula is C21H49NO6Si2. The monoisotopic (exact) mass is 467 g/mol. The summed E-state index contributed by atoms with van der Waals surface area (Å²) in [5, 5.41) is 49.6. The molecule has 0 aromatic rings. The lowest BCUT2D eigenvalue weighted by molar-refractivity contribution is -0.111. The standard InChI is InChI=1S/C21H49NO6Si2/c1-8-18(24)20(26)21(27)19(25)15-22(2)14-17(23)16-28-10-9-11-30(6,7)13-12-29(3,4)5/h17-21,23-27H,8-16H2,1-7H3. The second kappa shape index (κ2) is 14.3. The molecular weight excluding hydrogens is 418 g/mol. The zero-order valence-corrected chi connectivity index (χ0v) is 22.3. The second-order valence-corrected chi connectivity index (χ2v) is 21.8. The Morgan fingerprint density at radius 3 is 1.90 bits per heavy atom. The molecule has 0 fully saturated rings. The molecule has 0 bridgehead atoms. The molecule has 5 atom stereocenters. The Morgan fingerprint density at radius 2 is 1.37 bits per heavy atom. The van der Waals surface area contributed by atoms with Crippen LogP contribution < -0.4 is 0 Å². The quantitative estimate of drug-likeness (QED) is 0.163. The average molecular weight is 468 g/mol. The number of hydrogen-bond acceptors (Lipinski definition) is 7. The van der Waals surface area contributed by atoms with E-state index < -0.39 is 46.7 Å². The van der Waals surface area contributed by atoms with Gasteiger partial charge < -0.3 is 35.2 Å². The van der Waals surface area contributed by atoms with Gasteiger partial charge in [-0.25, -0.2) is 0 Å². The summed E-state index contributed by atoms with van der Waals surface area (Å²) in [5.74, 6) is 0. The van der Waals surface area contributed by atoms with Gasteiger partial charge in [-0.1, -0.05) is 57.8 Å². The molecule has 5 N–H and O–H groups in total. The van der Waals surface area contributed by atoms with Gasteiger partial charge in [0.2, 0.25) is 0 Å². The van der Waals surface area contributed by atoms with E-state index in [0.717, 1.165) is 6.42 Å². The number of nitrogens with zero attached hydrogens (tertiary/aromatic N) is 1. The number of aliphatic hydroxyl groups is 5. The van der Waals surface area contributed by atoms with Crippen molar-refractivity contribution in [2.45, 2.75) is 101 Å². The molecule has 0 spiro atoms. The van der Waals surface area contributed by atoms with Gasteiger partial charge in [-0.05, 0) is 19.9 Å². The molecule has 5 unspecified atom stereocenters. The third kappa shape index (κ3) is 14.3. The minimum atomic E-state index is -1.44. The van der Waals surface area contributed by atoms with E-state index in [9.17, 15) is 25.5 Å². The van der Waals surface area contributed by atoms with Gasteiger partial charge in [0.1, 0.15) is 12.2 Å². The first kappa shape index (κ1) is 30.2. The van der Waals surface area contributed by atoms with Crippen molar-refractivity contribution >= 4 is 16.1 Å². The Labute approximate surface area is 186 Å². The Kier molecular flexibility index (Phi) is 14.4. The van der Waals surface area contributed by atoms with Crippen LogP contribution in [0.2, 0.25) is 50.9 Å². The fourth-order valence-electron chi connectivity index (χ4n) is 3.32. The number of rotatable bonds is 17. The summed E-state index contributed by atoms with van der Waals surface area (Å²) in [5.41, 5.74) is 0. The van der Waals surface area contributed by atoms with Crippen LogP contribution in [0.1, 0.15) is 19.8 Å². The van der Waals surface area contributed by atoms with Crippen molar-refractivity contribution in [1.29, 1.82) is 0 Å². The molecule has 30 heavy (non-hydrogen) atoms. The first-order valence-corrected chi connectivity index (χ1v) is 18.5. The van der Waals surface area contributed by atoms with Crippen LogP contribution in [-0.4, -0.2) is 110 Å². The maximum absolute atomic E-state index is 10.2. The van der Waals surface area contributed by atoms with Crippen molar-refractivity contribution in [2.75, 3.05) is 33.4 Å². The van der Waals surface area contributed by atoms with E-state index in [1.54, 1.807) is 18.9 Å². The summed E-state index contributed by atoms with van der Waals surface area (Å²) in [6, 6.07) is 4.02. The van der Waals surface area contributed by atoms with Crippen LogP contribution in [0.4, 0.5) is 0 Å². The lowest BCUT2D eigenvalue weighted by Gasteiger charge is -2.29. The Morgan fingerprint density at radius 1 is 0.800 bits per heavy atom. The number of likely N-dealkylation sites (N-methyl/N-ethyl adjacent to an activating group) is 1. The third-order valence-electron chi connectivity index (χ3n) is 5.58. The second-order valence-electron chi connectivity index (χ2n) is 10.8. The highest BCUT2D eigenvalue weighted by molar-refractivity contribution is 6.82. The van der Waals surface area contributed by atoms with E-state index in [-0.39, 0.29) is 26.1 Å². The van der Waals surface area contributed by atoms with E-state index in [1.165, 1.54) is 18.1 Å². The van der Waals surface area contributed by atoms with E-state index in [4.69, 9.17) is 4.74 Å². The van der Waals surface area contributed by atoms with Gasteiger partial charge in [0.05, 0.1) is 24.9 Å². The van der Waals surface area contributed by atoms with Crippen molar-refractivity contribution in [3.8, 4) is 0 Å². The molecule has 0 heterocycles. The number of hydrogen-bond donors (Lipinski definition) is 5. The van der Waals surface area contributed by atoms with Crippen LogP contribution >= 0.6 is 0 Å². The van der Waals surface area contributed by atoms with Gasteiger partial charge in [-0.15, -0.1) is 0 Å². The molecule has 0 aromatic carbocycles. The molecule has 0 rings (SSSR count). The first-order valence-electron chi connectivity index (χ1n) is 11.3.